The smallest absolute Gasteiger partial charge is 0.259 e. The second kappa shape index (κ2) is 7.07. The number of carbonyl (C=O) groups excluding carboxylic acids is 1. The SMILES string of the molecule is CCCOc1cc(OC)ccc1/C=C(\C#N)C(N)=O. The van der Waals surface area contributed by atoms with Crippen molar-refractivity contribution < 1.29 is 14.3 Å². The van der Waals surface area contributed by atoms with Gasteiger partial charge in [-0.05, 0) is 24.6 Å². The van der Waals surface area contributed by atoms with Gasteiger partial charge in [-0.25, -0.2) is 0 Å². The molecule has 0 bridgehead atoms. The average Bonchev–Trinajstić information content (AvgIpc) is 2.42. The molecule has 5 heteroatoms. The van der Waals surface area contributed by atoms with Gasteiger partial charge in [0.05, 0.1) is 13.7 Å². The average molecular weight is 260 g/mol. The van der Waals surface area contributed by atoms with E-state index in [-0.39, 0.29) is 5.57 Å². The van der Waals surface area contributed by atoms with E-state index in [0.29, 0.717) is 23.7 Å². The molecular formula is C14H16N2O3. The van der Waals surface area contributed by atoms with Gasteiger partial charge in [0.1, 0.15) is 23.1 Å². The molecule has 1 rings (SSSR count). The third kappa shape index (κ3) is 4.03. The first-order valence-corrected chi connectivity index (χ1v) is 5.84. The number of nitrogens with two attached hydrogens (primary N) is 1. The van der Waals surface area contributed by atoms with Crippen LogP contribution in [0.4, 0.5) is 0 Å². The number of benzene rings is 1. The first kappa shape index (κ1) is 14.6. The zero-order chi connectivity index (χ0) is 14.3. The van der Waals surface area contributed by atoms with Crippen molar-refractivity contribution in [3.63, 3.8) is 0 Å². The number of hydrogen-bond donors (Lipinski definition) is 1. The van der Waals surface area contributed by atoms with E-state index in [1.54, 1.807) is 31.4 Å². The summed E-state index contributed by atoms with van der Waals surface area (Å²) >= 11 is 0. The molecule has 2 N–H and O–H groups in total. The minimum Gasteiger partial charge on any atom is -0.497 e. The highest BCUT2D eigenvalue weighted by Gasteiger charge is 2.08. The van der Waals surface area contributed by atoms with E-state index in [4.69, 9.17) is 20.5 Å². The molecule has 1 aromatic carbocycles. The van der Waals surface area contributed by atoms with E-state index < -0.39 is 5.91 Å². The van der Waals surface area contributed by atoms with Crippen LogP contribution in [-0.2, 0) is 4.79 Å². The third-order valence-corrected chi connectivity index (χ3v) is 2.37. The Bertz CT molecular complexity index is 530. The number of amides is 1. The van der Waals surface area contributed by atoms with Gasteiger partial charge in [0, 0.05) is 11.6 Å². The molecule has 5 nitrogen and oxygen atoms in total. The maximum Gasteiger partial charge on any atom is 0.259 e. The van der Waals surface area contributed by atoms with Crippen LogP contribution in [0.1, 0.15) is 18.9 Å². The number of primary amides is 1. The summed E-state index contributed by atoms with van der Waals surface area (Å²) < 4.78 is 10.7. The van der Waals surface area contributed by atoms with Gasteiger partial charge in [0.15, 0.2) is 0 Å². The maximum absolute atomic E-state index is 11.0. The van der Waals surface area contributed by atoms with Crippen LogP contribution in [0, 0.1) is 11.3 Å². The van der Waals surface area contributed by atoms with Crippen LogP contribution >= 0.6 is 0 Å². The number of ether oxygens (including phenoxy) is 2. The molecule has 1 amide bonds. The molecule has 19 heavy (non-hydrogen) atoms. The molecule has 0 aromatic heterocycles. The molecule has 0 spiro atoms. The molecule has 100 valence electrons. The minimum atomic E-state index is -0.764. The van der Waals surface area contributed by atoms with Crippen molar-refractivity contribution in [2.45, 2.75) is 13.3 Å². The van der Waals surface area contributed by atoms with Crippen LogP contribution < -0.4 is 15.2 Å². The fourth-order valence-corrected chi connectivity index (χ4v) is 1.41. The molecule has 0 aliphatic rings. The lowest BCUT2D eigenvalue weighted by Crippen LogP contribution is -2.12. The molecule has 0 radical (unpaired) electrons. The number of rotatable bonds is 6. The lowest BCUT2D eigenvalue weighted by Gasteiger charge is -2.10. The lowest BCUT2D eigenvalue weighted by atomic mass is 10.1. The van der Waals surface area contributed by atoms with Gasteiger partial charge in [-0.3, -0.25) is 4.79 Å². The van der Waals surface area contributed by atoms with Crippen molar-refractivity contribution in [3.8, 4) is 17.6 Å². The van der Waals surface area contributed by atoms with Crippen molar-refractivity contribution in [2.75, 3.05) is 13.7 Å². The van der Waals surface area contributed by atoms with Gasteiger partial charge in [-0.15, -0.1) is 0 Å². The molecule has 0 fully saturated rings. The van der Waals surface area contributed by atoms with E-state index in [2.05, 4.69) is 0 Å². The predicted octanol–water partition coefficient (Wildman–Crippen LogP) is 1.88. The fraction of sp³-hybridized carbons (Fsp3) is 0.286. The second-order valence-corrected chi connectivity index (χ2v) is 3.79. The number of methoxy groups -OCH3 is 1. The highest BCUT2D eigenvalue weighted by Crippen LogP contribution is 2.27. The van der Waals surface area contributed by atoms with Crippen LogP contribution in [0.2, 0.25) is 0 Å². The van der Waals surface area contributed by atoms with E-state index >= 15 is 0 Å². The minimum absolute atomic E-state index is 0.119. The van der Waals surface area contributed by atoms with E-state index in [9.17, 15) is 4.79 Å². The Labute approximate surface area is 112 Å². The Hall–Kier alpha value is -2.48. The van der Waals surface area contributed by atoms with Crippen LogP contribution in [0.5, 0.6) is 11.5 Å². The van der Waals surface area contributed by atoms with Gasteiger partial charge in [-0.2, -0.15) is 5.26 Å². The van der Waals surface area contributed by atoms with Gasteiger partial charge in [0.25, 0.3) is 5.91 Å². The van der Waals surface area contributed by atoms with Crippen molar-refractivity contribution in [1.82, 2.24) is 0 Å². The van der Waals surface area contributed by atoms with Crippen LogP contribution in [0.25, 0.3) is 6.08 Å². The summed E-state index contributed by atoms with van der Waals surface area (Å²) in [6.45, 7) is 2.52. The van der Waals surface area contributed by atoms with Crippen molar-refractivity contribution in [1.29, 1.82) is 5.26 Å². The summed E-state index contributed by atoms with van der Waals surface area (Å²) in [5.74, 6) is 0.427. The number of carbonyl (C=O) groups is 1. The lowest BCUT2D eigenvalue weighted by molar-refractivity contribution is -0.114. The standard InChI is InChI=1S/C14H16N2O3/c1-3-6-19-13-8-12(18-2)5-4-10(13)7-11(9-15)14(16)17/h4-5,7-8H,3,6H2,1-2H3,(H2,16,17)/b11-7+. The molecule has 1 aromatic rings. The monoisotopic (exact) mass is 260 g/mol. The van der Waals surface area contributed by atoms with Crippen molar-refractivity contribution >= 4 is 12.0 Å². The summed E-state index contributed by atoms with van der Waals surface area (Å²) in [4.78, 5) is 11.0. The Morgan fingerprint density at radius 2 is 2.26 bits per heavy atom. The number of nitrogens with zero attached hydrogens (tertiary/aromatic N) is 1. The molecule has 0 saturated carbocycles. The maximum atomic E-state index is 11.0. The fourth-order valence-electron chi connectivity index (χ4n) is 1.41. The van der Waals surface area contributed by atoms with Crippen molar-refractivity contribution in [3.05, 3.63) is 29.3 Å². The van der Waals surface area contributed by atoms with Crippen LogP contribution in [0.3, 0.4) is 0 Å². The Kier molecular flexibility index (Phi) is 5.42. The highest BCUT2D eigenvalue weighted by atomic mass is 16.5. The number of nitriles is 1. The molecule has 0 unspecified atom stereocenters. The van der Waals surface area contributed by atoms with Gasteiger partial charge >= 0.3 is 0 Å². The summed E-state index contributed by atoms with van der Waals surface area (Å²) in [7, 11) is 1.55. The van der Waals surface area contributed by atoms with Gasteiger partial charge in [-0.1, -0.05) is 6.92 Å². The Balaban J connectivity index is 3.18. The molecule has 0 atom stereocenters. The molecule has 0 aliphatic carbocycles. The first-order valence-electron chi connectivity index (χ1n) is 5.84. The van der Waals surface area contributed by atoms with Crippen molar-refractivity contribution in [2.24, 2.45) is 5.73 Å². The first-order chi connectivity index (χ1) is 9.12. The summed E-state index contributed by atoms with van der Waals surface area (Å²) in [6, 6.07) is 6.90. The molecular weight excluding hydrogens is 244 g/mol. The topological polar surface area (TPSA) is 85.3 Å². The summed E-state index contributed by atoms with van der Waals surface area (Å²) in [5, 5.41) is 8.84. The predicted molar refractivity (Wildman–Crippen MR) is 71.6 cm³/mol. The molecule has 0 heterocycles. The Morgan fingerprint density at radius 1 is 1.53 bits per heavy atom. The van der Waals surface area contributed by atoms with Crippen LogP contribution in [0.15, 0.2) is 23.8 Å². The van der Waals surface area contributed by atoms with E-state index in [1.165, 1.54) is 6.08 Å². The normalized spacial score (nSPS) is 10.7. The van der Waals surface area contributed by atoms with E-state index in [1.807, 2.05) is 6.92 Å². The molecule has 0 aliphatic heterocycles. The van der Waals surface area contributed by atoms with Gasteiger partial charge < -0.3 is 15.2 Å². The molecule has 0 saturated heterocycles. The summed E-state index contributed by atoms with van der Waals surface area (Å²) in [6.07, 6.45) is 2.26. The van der Waals surface area contributed by atoms with E-state index in [0.717, 1.165) is 6.42 Å². The second-order valence-electron chi connectivity index (χ2n) is 3.79. The summed E-state index contributed by atoms with van der Waals surface area (Å²) in [5.41, 5.74) is 5.60. The zero-order valence-corrected chi connectivity index (χ0v) is 11.0. The zero-order valence-electron chi connectivity index (χ0n) is 11.0. The number of hydrogen-bond acceptors (Lipinski definition) is 4. The third-order valence-electron chi connectivity index (χ3n) is 2.37. The Morgan fingerprint density at radius 3 is 2.79 bits per heavy atom. The quantitative estimate of drug-likeness (QED) is 0.625. The highest BCUT2D eigenvalue weighted by molar-refractivity contribution is 6.00. The largest absolute Gasteiger partial charge is 0.497 e. The van der Waals surface area contributed by atoms with Gasteiger partial charge in [0.2, 0.25) is 0 Å². The van der Waals surface area contributed by atoms with Crippen LogP contribution in [-0.4, -0.2) is 19.6 Å².